The number of aromatic nitrogens is 3. The van der Waals surface area contributed by atoms with Crippen LogP contribution < -0.4 is 9.62 Å². The summed E-state index contributed by atoms with van der Waals surface area (Å²) in [4.78, 5) is 10.6. The highest BCUT2D eigenvalue weighted by Gasteiger charge is 2.27. The van der Waals surface area contributed by atoms with Crippen molar-refractivity contribution in [2.24, 2.45) is 0 Å². The molecule has 1 aliphatic rings. The normalized spacial score (nSPS) is 16.8. The minimum atomic E-state index is -3.72. The Kier molecular flexibility index (Phi) is 4.84. The van der Waals surface area contributed by atoms with Crippen molar-refractivity contribution >= 4 is 43.1 Å². The Morgan fingerprint density at radius 2 is 1.97 bits per heavy atom. The van der Waals surface area contributed by atoms with Crippen LogP contribution in [0.5, 0.6) is 0 Å². The van der Waals surface area contributed by atoms with Crippen LogP contribution in [-0.2, 0) is 10.0 Å². The molecule has 0 radical (unpaired) electrons. The molecule has 0 bridgehead atoms. The molecule has 0 spiro atoms. The highest BCUT2D eigenvalue weighted by Crippen LogP contribution is 2.39. The van der Waals surface area contributed by atoms with Gasteiger partial charge in [-0.3, -0.25) is 9.71 Å². The van der Waals surface area contributed by atoms with Gasteiger partial charge in [-0.25, -0.2) is 13.4 Å². The van der Waals surface area contributed by atoms with E-state index in [0.29, 0.717) is 6.04 Å². The summed E-state index contributed by atoms with van der Waals surface area (Å²) >= 11 is 1.00. The minimum absolute atomic E-state index is 0.203. The van der Waals surface area contributed by atoms with Crippen molar-refractivity contribution in [1.82, 2.24) is 14.3 Å². The van der Waals surface area contributed by atoms with Gasteiger partial charge in [0.25, 0.3) is 10.0 Å². The molecule has 5 rings (SSSR count). The van der Waals surface area contributed by atoms with Crippen LogP contribution >= 0.6 is 11.5 Å². The molecular formula is C21H19N5O2S2. The molecule has 152 valence electrons. The van der Waals surface area contributed by atoms with E-state index >= 15 is 0 Å². The maximum atomic E-state index is 12.7. The van der Waals surface area contributed by atoms with Gasteiger partial charge in [0.2, 0.25) is 5.13 Å². The molecule has 0 unspecified atom stereocenters. The zero-order valence-electron chi connectivity index (χ0n) is 16.0. The van der Waals surface area contributed by atoms with Crippen LogP contribution in [0.3, 0.4) is 0 Å². The standard InChI is InChI=1S/C21H19N5O2S2/c27-30(28,25-21-23-14-24-29-21)17-6-7-18-16(13-17)3-1-4-20(18)26-12-2-5-19(26)15-8-10-22-11-9-15/h1,3-4,6-11,13-14,19H,2,5,12H2,(H,23,24,25)/t19-/m1/s1. The molecule has 9 heteroatoms. The molecule has 3 heterocycles. The lowest BCUT2D eigenvalue weighted by Crippen LogP contribution is -2.22. The molecule has 1 saturated heterocycles. The average molecular weight is 438 g/mol. The van der Waals surface area contributed by atoms with Gasteiger partial charge in [0.1, 0.15) is 6.33 Å². The molecule has 7 nitrogen and oxygen atoms in total. The minimum Gasteiger partial charge on any atom is -0.364 e. The van der Waals surface area contributed by atoms with Gasteiger partial charge in [0.05, 0.1) is 10.9 Å². The second kappa shape index (κ2) is 7.66. The first-order chi connectivity index (χ1) is 14.6. The predicted molar refractivity (Wildman–Crippen MR) is 118 cm³/mol. The third-order valence-electron chi connectivity index (χ3n) is 5.38. The lowest BCUT2D eigenvalue weighted by atomic mass is 10.0. The maximum absolute atomic E-state index is 12.7. The maximum Gasteiger partial charge on any atom is 0.263 e. The monoisotopic (exact) mass is 437 g/mol. The van der Waals surface area contributed by atoms with E-state index in [1.807, 2.05) is 30.6 Å². The molecule has 2 aromatic carbocycles. The topological polar surface area (TPSA) is 88.1 Å². The smallest absolute Gasteiger partial charge is 0.263 e. The molecule has 0 aliphatic carbocycles. The summed E-state index contributed by atoms with van der Waals surface area (Å²) < 4.78 is 31.8. The third-order valence-corrected chi connectivity index (χ3v) is 7.42. The van der Waals surface area contributed by atoms with Crippen molar-refractivity contribution in [3.63, 3.8) is 0 Å². The van der Waals surface area contributed by atoms with E-state index in [9.17, 15) is 8.42 Å². The summed E-state index contributed by atoms with van der Waals surface area (Å²) in [6, 6.07) is 15.7. The van der Waals surface area contributed by atoms with Crippen molar-refractivity contribution in [2.75, 3.05) is 16.2 Å². The Bertz CT molecular complexity index is 1280. The van der Waals surface area contributed by atoms with E-state index < -0.39 is 10.0 Å². The Labute approximate surface area is 178 Å². The number of fused-ring (bicyclic) bond motifs is 1. The summed E-state index contributed by atoms with van der Waals surface area (Å²) in [5, 5.41) is 2.17. The lowest BCUT2D eigenvalue weighted by Gasteiger charge is -2.28. The van der Waals surface area contributed by atoms with Crippen LogP contribution in [0, 0.1) is 0 Å². The van der Waals surface area contributed by atoms with Gasteiger partial charge in [0, 0.05) is 41.5 Å². The summed E-state index contributed by atoms with van der Waals surface area (Å²) in [5.74, 6) is 0. The number of sulfonamides is 1. The number of benzene rings is 2. The fraction of sp³-hybridized carbons (Fsp3) is 0.190. The molecule has 30 heavy (non-hydrogen) atoms. The van der Waals surface area contributed by atoms with Crippen molar-refractivity contribution in [2.45, 2.75) is 23.8 Å². The van der Waals surface area contributed by atoms with Crippen LogP contribution in [0.15, 0.2) is 72.1 Å². The summed E-state index contributed by atoms with van der Waals surface area (Å²) in [6.45, 7) is 0.963. The van der Waals surface area contributed by atoms with E-state index in [4.69, 9.17) is 0 Å². The molecule has 2 aromatic heterocycles. The van der Waals surface area contributed by atoms with E-state index in [2.05, 4.69) is 42.2 Å². The van der Waals surface area contributed by atoms with E-state index in [0.717, 1.165) is 47.4 Å². The SMILES string of the molecule is O=S(=O)(Nc1ncns1)c1ccc2c(N3CCC[C@@H]3c3ccncc3)cccc2c1. The molecule has 1 fully saturated rings. The van der Waals surface area contributed by atoms with Crippen molar-refractivity contribution in [3.8, 4) is 0 Å². The van der Waals surface area contributed by atoms with Crippen molar-refractivity contribution in [1.29, 1.82) is 0 Å². The first kappa shape index (κ1) is 19.0. The van der Waals surface area contributed by atoms with Gasteiger partial charge >= 0.3 is 0 Å². The van der Waals surface area contributed by atoms with Gasteiger partial charge in [-0.15, -0.1) is 0 Å². The Hall–Kier alpha value is -3.04. The van der Waals surface area contributed by atoms with Crippen molar-refractivity contribution in [3.05, 3.63) is 72.8 Å². The average Bonchev–Trinajstić information content (AvgIpc) is 3.45. The van der Waals surface area contributed by atoms with E-state index in [1.54, 1.807) is 12.1 Å². The van der Waals surface area contributed by atoms with Gasteiger partial charge in [-0.1, -0.05) is 18.2 Å². The van der Waals surface area contributed by atoms with E-state index in [1.165, 1.54) is 11.9 Å². The summed E-state index contributed by atoms with van der Waals surface area (Å²) in [7, 11) is -3.72. The highest BCUT2D eigenvalue weighted by atomic mass is 32.2. The third kappa shape index (κ3) is 3.50. The van der Waals surface area contributed by atoms with Crippen LogP contribution in [0.1, 0.15) is 24.4 Å². The van der Waals surface area contributed by atoms with Crippen LogP contribution in [0.2, 0.25) is 0 Å². The van der Waals surface area contributed by atoms with Gasteiger partial charge < -0.3 is 4.90 Å². The second-order valence-corrected chi connectivity index (χ2v) is 9.61. The van der Waals surface area contributed by atoms with Gasteiger partial charge in [-0.05, 0) is 54.1 Å². The summed E-state index contributed by atoms with van der Waals surface area (Å²) in [5.41, 5.74) is 2.37. The van der Waals surface area contributed by atoms with Crippen molar-refractivity contribution < 1.29 is 8.42 Å². The molecule has 1 N–H and O–H groups in total. The second-order valence-electron chi connectivity index (χ2n) is 7.14. The predicted octanol–water partition coefficient (Wildman–Crippen LogP) is 4.23. The Balaban J connectivity index is 1.52. The number of hydrogen-bond acceptors (Lipinski definition) is 7. The first-order valence-corrected chi connectivity index (χ1v) is 11.9. The molecule has 0 saturated carbocycles. The van der Waals surface area contributed by atoms with Gasteiger partial charge in [0.15, 0.2) is 0 Å². The fourth-order valence-electron chi connectivity index (χ4n) is 4.04. The lowest BCUT2D eigenvalue weighted by molar-refractivity contribution is 0.601. The molecule has 4 aromatic rings. The highest BCUT2D eigenvalue weighted by molar-refractivity contribution is 7.93. The molecule has 1 aliphatic heterocycles. The summed E-state index contributed by atoms with van der Waals surface area (Å²) in [6.07, 6.45) is 7.18. The number of hydrogen-bond donors (Lipinski definition) is 1. The fourth-order valence-corrected chi connectivity index (χ4v) is 5.74. The Morgan fingerprint density at radius 3 is 2.77 bits per heavy atom. The molecule has 1 atom stereocenters. The number of nitrogens with zero attached hydrogens (tertiary/aromatic N) is 4. The first-order valence-electron chi connectivity index (χ1n) is 9.61. The largest absolute Gasteiger partial charge is 0.364 e. The number of nitrogens with one attached hydrogen (secondary N) is 1. The molecule has 0 amide bonds. The van der Waals surface area contributed by atoms with Gasteiger partial charge in [-0.2, -0.15) is 4.37 Å². The zero-order valence-corrected chi connectivity index (χ0v) is 17.6. The quantitative estimate of drug-likeness (QED) is 0.503. The number of rotatable bonds is 5. The van der Waals surface area contributed by atoms with Crippen LogP contribution in [0.4, 0.5) is 10.8 Å². The number of pyridine rings is 1. The Morgan fingerprint density at radius 1 is 1.10 bits per heavy atom. The zero-order chi connectivity index (χ0) is 20.6. The van der Waals surface area contributed by atoms with Crippen LogP contribution in [-0.4, -0.2) is 29.3 Å². The molecular weight excluding hydrogens is 418 g/mol. The number of anilines is 2. The van der Waals surface area contributed by atoms with Crippen LogP contribution in [0.25, 0.3) is 10.8 Å². The van der Waals surface area contributed by atoms with E-state index in [-0.39, 0.29) is 10.0 Å².